The molecule has 0 spiro atoms. The second-order valence-corrected chi connectivity index (χ2v) is 6.64. The summed E-state index contributed by atoms with van der Waals surface area (Å²) in [6, 6.07) is 2.48. The molecule has 0 saturated heterocycles. The van der Waals surface area contributed by atoms with Crippen molar-refractivity contribution in [3.05, 3.63) is 24.2 Å². The number of hydrogen-bond donors (Lipinski definition) is 1. The second kappa shape index (κ2) is 6.77. The van der Waals surface area contributed by atoms with Crippen molar-refractivity contribution in [3.8, 4) is 0 Å². The number of hydrogen-bond acceptors (Lipinski definition) is 3. The van der Waals surface area contributed by atoms with Gasteiger partial charge in [-0.15, -0.1) is 0 Å². The Labute approximate surface area is 123 Å². The van der Waals surface area contributed by atoms with E-state index in [0.29, 0.717) is 6.04 Å². The first-order chi connectivity index (χ1) is 9.60. The van der Waals surface area contributed by atoms with Crippen molar-refractivity contribution in [1.29, 1.82) is 0 Å². The summed E-state index contributed by atoms with van der Waals surface area (Å²) in [5, 5.41) is 3.78. The Morgan fingerprint density at radius 3 is 2.85 bits per heavy atom. The second-order valence-electron chi connectivity index (χ2n) is 6.64. The Balaban J connectivity index is 2.31. The molecule has 1 aromatic rings. The fraction of sp³-hybridized carbons (Fsp3) is 0.765. The van der Waals surface area contributed by atoms with Gasteiger partial charge in [-0.1, -0.05) is 26.7 Å². The molecule has 1 fully saturated rings. The molecule has 3 heteroatoms. The monoisotopic (exact) mass is 278 g/mol. The lowest BCUT2D eigenvalue weighted by Crippen LogP contribution is -2.56. The smallest absolute Gasteiger partial charge is 0.0951 e. The summed E-state index contributed by atoms with van der Waals surface area (Å²) in [4.78, 5) is 2.45. The van der Waals surface area contributed by atoms with Gasteiger partial charge in [0.15, 0.2) is 0 Å². The minimum absolute atomic E-state index is 0.205. The summed E-state index contributed by atoms with van der Waals surface area (Å²) in [6.07, 6.45) is 10.1. The molecule has 0 amide bonds. The Hall–Kier alpha value is -0.800. The highest BCUT2D eigenvalue weighted by Crippen LogP contribution is 2.44. The normalized spacial score (nSPS) is 28.8. The highest BCUT2D eigenvalue weighted by atomic mass is 16.3. The molecular formula is C17H30N2O. The molecule has 0 bridgehead atoms. The molecule has 114 valence electrons. The molecule has 1 heterocycles. The van der Waals surface area contributed by atoms with Gasteiger partial charge in [-0.05, 0) is 51.9 Å². The summed E-state index contributed by atoms with van der Waals surface area (Å²) < 4.78 is 5.36. The van der Waals surface area contributed by atoms with Crippen LogP contribution in [0.15, 0.2) is 23.0 Å². The van der Waals surface area contributed by atoms with Gasteiger partial charge in [-0.2, -0.15) is 0 Å². The van der Waals surface area contributed by atoms with Crippen molar-refractivity contribution in [2.75, 3.05) is 20.6 Å². The molecule has 20 heavy (non-hydrogen) atoms. The topological polar surface area (TPSA) is 28.4 Å². The van der Waals surface area contributed by atoms with Crippen molar-refractivity contribution in [2.24, 2.45) is 5.92 Å². The number of nitrogens with zero attached hydrogens (tertiary/aromatic N) is 1. The van der Waals surface area contributed by atoms with E-state index in [2.05, 4.69) is 44.2 Å². The molecule has 3 unspecified atom stereocenters. The first kappa shape index (κ1) is 15.6. The van der Waals surface area contributed by atoms with Crippen LogP contribution in [0.3, 0.4) is 0 Å². The van der Waals surface area contributed by atoms with E-state index in [0.717, 1.165) is 18.9 Å². The van der Waals surface area contributed by atoms with Crippen LogP contribution < -0.4 is 5.32 Å². The molecule has 1 aliphatic rings. The van der Waals surface area contributed by atoms with E-state index in [4.69, 9.17) is 4.42 Å². The SMILES string of the molecule is CCCNC(c1ccoc1)C1(N(C)C)CCCC(C)C1. The molecule has 1 N–H and O–H groups in total. The molecule has 3 atom stereocenters. The fourth-order valence-electron chi connectivity index (χ4n) is 3.84. The van der Waals surface area contributed by atoms with Crippen LogP contribution in [0.4, 0.5) is 0 Å². The zero-order chi connectivity index (χ0) is 14.6. The first-order valence-corrected chi connectivity index (χ1v) is 8.03. The minimum Gasteiger partial charge on any atom is -0.472 e. The van der Waals surface area contributed by atoms with Crippen molar-refractivity contribution in [2.45, 2.75) is 57.5 Å². The summed E-state index contributed by atoms with van der Waals surface area (Å²) in [6.45, 7) is 5.68. The Bertz CT molecular complexity index is 388. The van der Waals surface area contributed by atoms with Crippen LogP contribution in [0.1, 0.15) is 57.6 Å². The zero-order valence-corrected chi connectivity index (χ0v) is 13.5. The van der Waals surface area contributed by atoms with Crippen LogP contribution in [0, 0.1) is 5.92 Å². The average molecular weight is 278 g/mol. The van der Waals surface area contributed by atoms with Gasteiger partial charge < -0.3 is 14.6 Å². The maximum atomic E-state index is 5.36. The lowest BCUT2D eigenvalue weighted by atomic mass is 9.70. The summed E-state index contributed by atoms with van der Waals surface area (Å²) in [5.74, 6) is 0.795. The van der Waals surface area contributed by atoms with Crippen molar-refractivity contribution in [3.63, 3.8) is 0 Å². The standard InChI is InChI=1S/C17H30N2O/c1-5-10-18-16(15-8-11-20-13-15)17(19(3)4)9-6-7-14(2)12-17/h8,11,13-14,16,18H,5-7,9-10,12H2,1-4H3. The average Bonchev–Trinajstić information content (AvgIpc) is 2.93. The summed E-state index contributed by atoms with van der Waals surface area (Å²) in [5.41, 5.74) is 1.50. The number of furan rings is 1. The van der Waals surface area contributed by atoms with Crippen LogP contribution >= 0.6 is 0 Å². The van der Waals surface area contributed by atoms with Gasteiger partial charge in [-0.3, -0.25) is 0 Å². The molecule has 1 aromatic heterocycles. The Morgan fingerprint density at radius 1 is 1.50 bits per heavy atom. The van der Waals surface area contributed by atoms with Gasteiger partial charge in [0.2, 0.25) is 0 Å². The maximum Gasteiger partial charge on any atom is 0.0951 e. The number of likely N-dealkylation sites (N-methyl/N-ethyl adjacent to an activating group) is 1. The van der Waals surface area contributed by atoms with Gasteiger partial charge in [0.05, 0.1) is 18.6 Å². The fourth-order valence-corrected chi connectivity index (χ4v) is 3.84. The summed E-state index contributed by atoms with van der Waals surface area (Å²) in [7, 11) is 4.47. The predicted molar refractivity (Wildman–Crippen MR) is 83.8 cm³/mol. The van der Waals surface area contributed by atoms with E-state index in [1.807, 2.05) is 6.26 Å². The third-order valence-corrected chi connectivity index (χ3v) is 4.91. The summed E-state index contributed by atoms with van der Waals surface area (Å²) >= 11 is 0. The molecule has 0 aliphatic heterocycles. The molecule has 0 aromatic carbocycles. The van der Waals surface area contributed by atoms with E-state index in [-0.39, 0.29) is 5.54 Å². The van der Waals surface area contributed by atoms with Crippen LogP contribution in [-0.2, 0) is 0 Å². The third kappa shape index (κ3) is 3.09. The highest BCUT2D eigenvalue weighted by molar-refractivity contribution is 5.19. The Morgan fingerprint density at radius 2 is 2.30 bits per heavy atom. The maximum absolute atomic E-state index is 5.36. The van der Waals surface area contributed by atoms with Crippen LogP contribution in [0.2, 0.25) is 0 Å². The number of nitrogens with one attached hydrogen (secondary N) is 1. The molecular weight excluding hydrogens is 248 g/mol. The Kier molecular flexibility index (Phi) is 5.28. The molecule has 1 saturated carbocycles. The van der Waals surface area contributed by atoms with E-state index >= 15 is 0 Å². The number of rotatable bonds is 6. The largest absolute Gasteiger partial charge is 0.472 e. The van der Waals surface area contributed by atoms with Crippen LogP contribution in [-0.4, -0.2) is 31.1 Å². The highest BCUT2D eigenvalue weighted by Gasteiger charge is 2.44. The lowest BCUT2D eigenvalue weighted by molar-refractivity contribution is 0.0365. The van der Waals surface area contributed by atoms with E-state index < -0.39 is 0 Å². The van der Waals surface area contributed by atoms with Crippen molar-refractivity contribution >= 4 is 0 Å². The van der Waals surface area contributed by atoms with Gasteiger partial charge in [0.1, 0.15) is 0 Å². The van der Waals surface area contributed by atoms with E-state index in [1.165, 1.54) is 31.2 Å². The van der Waals surface area contributed by atoms with Crippen molar-refractivity contribution in [1.82, 2.24) is 10.2 Å². The molecule has 0 radical (unpaired) electrons. The lowest BCUT2D eigenvalue weighted by Gasteiger charge is -2.50. The zero-order valence-electron chi connectivity index (χ0n) is 13.5. The van der Waals surface area contributed by atoms with Crippen LogP contribution in [0.5, 0.6) is 0 Å². The predicted octanol–water partition coefficient (Wildman–Crippen LogP) is 3.83. The van der Waals surface area contributed by atoms with Crippen molar-refractivity contribution < 1.29 is 4.42 Å². The van der Waals surface area contributed by atoms with Crippen LogP contribution in [0.25, 0.3) is 0 Å². The van der Waals surface area contributed by atoms with E-state index in [9.17, 15) is 0 Å². The third-order valence-electron chi connectivity index (χ3n) is 4.91. The van der Waals surface area contributed by atoms with E-state index in [1.54, 1.807) is 6.26 Å². The quantitative estimate of drug-likeness (QED) is 0.857. The van der Waals surface area contributed by atoms with Gasteiger partial charge in [-0.25, -0.2) is 0 Å². The first-order valence-electron chi connectivity index (χ1n) is 8.03. The molecule has 1 aliphatic carbocycles. The molecule has 3 nitrogen and oxygen atoms in total. The van der Waals surface area contributed by atoms with Gasteiger partial charge in [0.25, 0.3) is 0 Å². The molecule has 2 rings (SSSR count). The van der Waals surface area contributed by atoms with Gasteiger partial charge >= 0.3 is 0 Å². The van der Waals surface area contributed by atoms with Gasteiger partial charge in [0, 0.05) is 11.1 Å². The minimum atomic E-state index is 0.205.